The van der Waals surface area contributed by atoms with Crippen LogP contribution < -0.4 is 5.32 Å². The summed E-state index contributed by atoms with van der Waals surface area (Å²) in [4.78, 5) is 11.2. The van der Waals surface area contributed by atoms with Crippen molar-refractivity contribution in [2.24, 2.45) is 0 Å². The fraction of sp³-hybridized carbons (Fsp3) is 0.462. The highest BCUT2D eigenvalue weighted by atomic mass is 16.5. The minimum Gasteiger partial charge on any atom is -0.466 e. The number of hydrogen-bond acceptors (Lipinski definition) is 4. The van der Waals surface area contributed by atoms with Crippen molar-refractivity contribution in [2.45, 2.75) is 19.8 Å². The first-order valence-electron chi connectivity index (χ1n) is 5.85. The third kappa shape index (κ3) is 5.36. The van der Waals surface area contributed by atoms with Crippen LogP contribution in [0.2, 0.25) is 0 Å². The molecule has 0 fully saturated rings. The molecule has 0 aliphatic rings. The standard InChI is InChI=1S/C13H19NO3/c1-2-17-13(16)8-5-11-3-6-12(7-4-11)14-9-10-15/h3-4,6-7,14-15H,2,5,8-10H2,1H3. The predicted octanol–water partition coefficient (Wildman–Crippen LogP) is 1.59. The van der Waals surface area contributed by atoms with Crippen LogP contribution in [0.4, 0.5) is 5.69 Å². The number of carbonyl (C=O) groups excluding carboxylic acids is 1. The molecular formula is C13H19NO3. The molecule has 1 aromatic carbocycles. The molecule has 2 N–H and O–H groups in total. The van der Waals surface area contributed by atoms with E-state index in [-0.39, 0.29) is 12.6 Å². The molecule has 0 radical (unpaired) electrons. The summed E-state index contributed by atoms with van der Waals surface area (Å²) in [5.41, 5.74) is 2.08. The van der Waals surface area contributed by atoms with Gasteiger partial charge in [0.25, 0.3) is 0 Å². The van der Waals surface area contributed by atoms with Gasteiger partial charge in [-0.2, -0.15) is 0 Å². The van der Waals surface area contributed by atoms with Crippen molar-refractivity contribution >= 4 is 11.7 Å². The van der Waals surface area contributed by atoms with Crippen molar-refractivity contribution in [3.05, 3.63) is 29.8 Å². The molecule has 4 heteroatoms. The van der Waals surface area contributed by atoms with Crippen molar-refractivity contribution in [2.75, 3.05) is 25.1 Å². The molecule has 0 saturated carbocycles. The second kappa shape index (κ2) is 7.68. The van der Waals surface area contributed by atoms with Gasteiger partial charge in [0, 0.05) is 18.7 Å². The van der Waals surface area contributed by atoms with Gasteiger partial charge in [-0.3, -0.25) is 4.79 Å². The summed E-state index contributed by atoms with van der Waals surface area (Å²) in [6, 6.07) is 7.82. The van der Waals surface area contributed by atoms with Crippen molar-refractivity contribution < 1.29 is 14.6 Å². The minimum atomic E-state index is -0.157. The molecule has 0 amide bonds. The Morgan fingerprint density at radius 1 is 1.35 bits per heavy atom. The van der Waals surface area contributed by atoms with Gasteiger partial charge < -0.3 is 15.2 Å². The van der Waals surface area contributed by atoms with E-state index >= 15 is 0 Å². The second-order valence-corrected chi connectivity index (χ2v) is 3.65. The Labute approximate surface area is 102 Å². The molecule has 0 aliphatic carbocycles. The average Bonchev–Trinajstić information content (AvgIpc) is 2.35. The SMILES string of the molecule is CCOC(=O)CCc1ccc(NCCO)cc1. The van der Waals surface area contributed by atoms with E-state index in [0.29, 0.717) is 26.0 Å². The molecule has 1 rings (SSSR count). The van der Waals surface area contributed by atoms with Crippen LogP contribution in [0.3, 0.4) is 0 Å². The number of rotatable bonds is 7. The van der Waals surface area contributed by atoms with E-state index in [1.807, 2.05) is 24.3 Å². The number of esters is 1. The van der Waals surface area contributed by atoms with Crippen molar-refractivity contribution in [3.8, 4) is 0 Å². The molecule has 0 aromatic heterocycles. The maximum absolute atomic E-state index is 11.2. The van der Waals surface area contributed by atoms with Gasteiger partial charge in [0.05, 0.1) is 13.2 Å². The van der Waals surface area contributed by atoms with E-state index in [1.54, 1.807) is 6.92 Å². The maximum Gasteiger partial charge on any atom is 0.306 e. The molecule has 0 bridgehead atoms. The van der Waals surface area contributed by atoms with Crippen molar-refractivity contribution in [1.82, 2.24) is 0 Å². The van der Waals surface area contributed by atoms with Crippen LogP contribution >= 0.6 is 0 Å². The monoisotopic (exact) mass is 237 g/mol. The summed E-state index contributed by atoms with van der Waals surface area (Å²) < 4.78 is 4.86. The first-order chi connectivity index (χ1) is 8.26. The first-order valence-corrected chi connectivity index (χ1v) is 5.85. The number of carbonyl (C=O) groups is 1. The Balaban J connectivity index is 2.37. The Hall–Kier alpha value is -1.55. The van der Waals surface area contributed by atoms with Gasteiger partial charge in [0.1, 0.15) is 0 Å². The van der Waals surface area contributed by atoms with Crippen LogP contribution in [0.5, 0.6) is 0 Å². The zero-order chi connectivity index (χ0) is 12.5. The number of aliphatic hydroxyl groups excluding tert-OH is 1. The van der Waals surface area contributed by atoms with Gasteiger partial charge in [-0.25, -0.2) is 0 Å². The molecule has 17 heavy (non-hydrogen) atoms. The molecule has 4 nitrogen and oxygen atoms in total. The Morgan fingerprint density at radius 3 is 2.65 bits per heavy atom. The highest BCUT2D eigenvalue weighted by Crippen LogP contribution is 2.11. The largest absolute Gasteiger partial charge is 0.466 e. The molecular weight excluding hydrogens is 218 g/mol. The van der Waals surface area contributed by atoms with E-state index in [2.05, 4.69) is 5.32 Å². The molecule has 0 unspecified atom stereocenters. The first kappa shape index (κ1) is 13.5. The van der Waals surface area contributed by atoms with Crippen LogP contribution in [0.1, 0.15) is 18.9 Å². The summed E-state index contributed by atoms with van der Waals surface area (Å²) in [6.07, 6.45) is 1.11. The second-order valence-electron chi connectivity index (χ2n) is 3.65. The third-order valence-corrected chi connectivity index (χ3v) is 2.32. The van der Waals surface area contributed by atoms with Gasteiger partial charge in [-0.05, 0) is 31.0 Å². The van der Waals surface area contributed by atoms with Gasteiger partial charge >= 0.3 is 5.97 Å². The zero-order valence-electron chi connectivity index (χ0n) is 10.1. The Kier molecular flexibility index (Phi) is 6.10. The maximum atomic E-state index is 11.2. The highest BCUT2D eigenvalue weighted by molar-refractivity contribution is 5.69. The van der Waals surface area contributed by atoms with Crippen molar-refractivity contribution in [1.29, 1.82) is 0 Å². The topological polar surface area (TPSA) is 58.6 Å². The number of aliphatic hydroxyl groups is 1. The molecule has 0 spiro atoms. The summed E-state index contributed by atoms with van der Waals surface area (Å²) in [7, 11) is 0. The van der Waals surface area contributed by atoms with Crippen LogP contribution in [0, 0.1) is 0 Å². The highest BCUT2D eigenvalue weighted by Gasteiger charge is 2.02. The Morgan fingerprint density at radius 2 is 2.06 bits per heavy atom. The minimum absolute atomic E-state index is 0.116. The van der Waals surface area contributed by atoms with E-state index in [1.165, 1.54) is 0 Å². The molecule has 0 heterocycles. The normalized spacial score (nSPS) is 10.0. The van der Waals surface area contributed by atoms with Gasteiger partial charge in [-0.1, -0.05) is 12.1 Å². The lowest BCUT2D eigenvalue weighted by molar-refractivity contribution is -0.143. The average molecular weight is 237 g/mol. The molecule has 1 aromatic rings. The van der Waals surface area contributed by atoms with Gasteiger partial charge in [0.15, 0.2) is 0 Å². The smallest absolute Gasteiger partial charge is 0.306 e. The summed E-state index contributed by atoms with van der Waals surface area (Å²) in [5.74, 6) is -0.157. The van der Waals surface area contributed by atoms with E-state index in [0.717, 1.165) is 11.3 Å². The van der Waals surface area contributed by atoms with Crippen LogP contribution in [-0.4, -0.2) is 30.8 Å². The lowest BCUT2D eigenvalue weighted by Crippen LogP contribution is -2.06. The summed E-state index contributed by atoms with van der Waals surface area (Å²) in [5, 5.41) is 11.7. The van der Waals surface area contributed by atoms with Gasteiger partial charge in [-0.15, -0.1) is 0 Å². The van der Waals surface area contributed by atoms with Gasteiger partial charge in [0.2, 0.25) is 0 Å². The van der Waals surface area contributed by atoms with E-state index in [4.69, 9.17) is 9.84 Å². The number of hydrogen-bond donors (Lipinski definition) is 2. The quantitative estimate of drug-likeness (QED) is 0.707. The molecule has 0 aliphatic heterocycles. The fourth-order valence-electron chi connectivity index (χ4n) is 1.47. The van der Waals surface area contributed by atoms with Crippen LogP contribution in [0.25, 0.3) is 0 Å². The number of benzene rings is 1. The number of nitrogens with one attached hydrogen (secondary N) is 1. The Bertz CT molecular complexity index is 335. The van der Waals surface area contributed by atoms with Crippen LogP contribution in [0.15, 0.2) is 24.3 Å². The number of anilines is 1. The van der Waals surface area contributed by atoms with E-state index < -0.39 is 0 Å². The van der Waals surface area contributed by atoms with E-state index in [9.17, 15) is 4.79 Å². The van der Waals surface area contributed by atoms with Crippen LogP contribution in [-0.2, 0) is 16.0 Å². The third-order valence-electron chi connectivity index (χ3n) is 2.32. The number of aryl methyl sites for hydroxylation is 1. The predicted molar refractivity (Wildman–Crippen MR) is 67.0 cm³/mol. The lowest BCUT2D eigenvalue weighted by Gasteiger charge is -2.06. The zero-order valence-corrected chi connectivity index (χ0v) is 10.1. The molecule has 94 valence electrons. The lowest BCUT2D eigenvalue weighted by atomic mass is 10.1. The number of ether oxygens (including phenoxy) is 1. The molecule has 0 atom stereocenters. The fourth-order valence-corrected chi connectivity index (χ4v) is 1.47. The summed E-state index contributed by atoms with van der Waals surface area (Å²) in [6.45, 7) is 2.90. The van der Waals surface area contributed by atoms with Crippen molar-refractivity contribution in [3.63, 3.8) is 0 Å². The molecule has 0 saturated heterocycles. The summed E-state index contributed by atoms with van der Waals surface area (Å²) >= 11 is 0.